The van der Waals surface area contributed by atoms with E-state index in [9.17, 15) is 8.22 Å². The Balaban J connectivity index is 1.10. The number of benzene rings is 7. The van der Waals surface area contributed by atoms with Crippen LogP contribution in [-0.2, 0) is 0 Å². The summed E-state index contributed by atoms with van der Waals surface area (Å²) in [7, 11) is 0. The molecule has 11 rings (SSSR count). The smallest absolute Gasteiger partial charge is 0.164 e. The van der Waals surface area contributed by atoms with Crippen molar-refractivity contribution in [1.82, 2.24) is 15.0 Å². The predicted octanol–water partition coefficient (Wildman–Crippen LogP) is 14.2. The quantitative estimate of drug-likeness (QED) is 0.177. The molecule has 0 aliphatic heterocycles. The third-order valence-corrected chi connectivity index (χ3v) is 12.7. The maximum atomic E-state index is 9.60. The van der Waals surface area contributed by atoms with Crippen LogP contribution in [0.4, 0.5) is 0 Å². The highest BCUT2D eigenvalue weighted by molar-refractivity contribution is 7.26. The van der Waals surface area contributed by atoms with E-state index in [1.165, 1.54) is 10.1 Å². The van der Waals surface area contributed by atoms with E-state index in [0.29, 0.717) is 37.6 Å². The van der Waals surface area contributed by atoms with Crippen LogP contribution in [0.5, 0.6) is 0 Å². The standard InChI is InChI=1S/C47H27N3S3/c1-2-9-29(10-3-1)45-48-46(30-19-17-28(18-20-30)39-27-51-40-15-6-4-12-35(39)40)50-47(49-45)32-21-23-36-38-25-31(22-24-42(38)52-43(36)26-32)33-13-8-14-37-34-11-5-7-16-41(34)53-44(33)37/h1-27H/i21D,22D,23D,24D,25D,26D. The molecule has 0 aliphatic rings. The van der Waals surface area contributed by atoms with Crippen LogP contribution in [-0.4, -0.2) is 15.0 Å². The minimum absolute atomic E-state index is 0.00460. The van der Waals surface area contributed by atoms with Crippen LogP contribution in [0.25, 0.3) is 107 Å². The minimum atomic E-state index is -0.257. The van der Waals surface area contributed by atoms with E-state index >= 15 is 0 Å². The lowest BCUT2D eigenvalue weighted by atomic mass is 10.0. The molecule has 0 aliphatic carbocycles. The molecule has 4 heterocycles. The van der Waals surface area contributed by atoms with Crippen LogP contribution in [0.1, 0.15) is 8.22 Å². The molecule has 0 unspecified atom stereocenters. The summed E-state index contributed by atoms with van der Waals surface area (Å²) in [6.07, 6.45) is 0. The molecule has 0 saturated carbocycles. The molecule has 0 radical (unpaired) electrons. The lowest BCUT2D eigenvalue weighted by molar-refractivity contribution is 1.07. The number of hydrogen-bond donors (Lipinski definition) is 0. The van der Waals surface area contributed by atoms with Crippen LogP contribution in [0.3, 0.4) is 0 Å². The summed E-state index contributed by atoms with van der Waals surface area (Å²) in [6.45, 7) is 0. The second kappa shape index (κ2) is 12.3. The van der Waals surface area contributed by atoms with Gasteiger partial charge in [0.1, 0.15) is 0 Å². The van der Waals surface area contributed by atoms with Gasteiger partial charge < -0.3 is 0 Å². The number of aromatic nitrogens is 3. The van der Waals surface area contributed by atoms with E-state index in [2.05, 4.69) is 29.6 Å². The van der Waals surface area contributed by atoms with Gasteiger partial charge in [0, 0.05) is 72.7 Å². The molecule has 3 nitrogen and oxygen atoms in total. The van der Waals surface area contributed by atoms with Crippen LogP contribution in [0, 0.1) is 0 Å². The van der Waals surface area contributed by atoms with Crippen molar-refractivity contribution < 1.29 is 8.22 Å². The fraction of sp³-hybridized carbons (Fsp3) is 0. The summed E-state index contributed by atoms with van der Waals surface area (Å²) in [5.41, 5.74) is 4.70. The average molecular weight is 736 g/mol. The van der Waals surface area contributed by atoms with E-state index < -0.39 is 0 Å². The first-order valence-electron chi connectivity index (χ1n) is 20.0. The van der Waals surface area contributed by atoms with Crippen molar-refractivity contribution in [3.05, 3.63) is 163 Å². The molecule has 0 bridgehead atoms. The van der Waals surface area contributed by atoms with Crippen molar-refractivity contribution in [3.8, 4) is 56.4 Å². The zero-order valence-corrected chi connectivity index (χ0v) is 30.1. The average Bonchev–Trinajstić information content (AvgIpc) is 4.00. The summed E-state index contributed by atoms with van der Waals surface area (Å²) < 4.78 is 60.3. The second-order valence-corrected chi connectivity index (χ2v) is 15.7. The minimum Gasteiger partial charge on any atom is -0.208 e. The summed E-state index contributed by atoms with van der Waals surface area (Å²) in [5, 5.41) is 5.99. The highest BCUT2D eigenvalue weighted by atomic mass is 32.1. The highest BCUT2D eigenvalue weighted by Gasteiger charge is 2.16. The van der Waals surface area contributed by atoms with E-state index in [0.717, 1.165) is 53.8 Å². The third kappa shape index (κ3) is 5.18. The van der Waals surface area contributed by atoms with Crippen molar-refractivity contribution in [2.24, 2.45) is 0 Å². The van der Waals surface area contributed by atoms with Crippen molar-refractivity contribution in [1.29, 1.82) is 0 Å². The van der Waals surface area contributed by atoms with Gasteiger partial charge in [0.05, 0.1) is 8.22 Å². The number of thiophene rings is 3. The molecule has 0 atom stereocenters. The fourth-order valence-electron chi connectivity index (χ4n) is 6.91. The lowest BCUT2D eigenvalue weighted by Crippen LogP contribution is -2.00. The highest BCUT2D eigenvalue weighted by Crippen LogP contribution is 2.43. The molecular weight excluding hydrogens is 703 g/mol. The first kappa shape index (κ1) is 25.0. The maximum Gasteiger partial charge on any atom is 0.164 e. The zero-order chi connectivity index (χ0) is 40.1. The first-order chi connectivity index (χ1) is 28.8. The number of nitrogens with zero attached hydrogens (tertiary/aromatic N) is 3. The summed E-state index contributed by atoms with van der Waals surface area (Å²) in [4.78, 5) is 14.6. The Hall–Kier alpha value is -6.05. The topological polar surface area (TPSA) is 38.7 Å². The molecular formula is C47H27N3S3. The lowest BCUT2D eigenvalue weighted by Gasteiger charge is -2.09. The molecule has 11 aromatic rings. The van der Waals surface area contributed by atoms with Gasteiger partial charge in [-0.3, -0.25) is 0 Å². The Bertz CT molecular complexity index is 3520. The summed E-state index contributed by atoms with van der Waals surface area (Å²) in [6, 6.07) is 39.0. The van der Waals surface area contributed by atoms with Crippen molar-refractivity contribution in [3.63, 3.8) is 0 Å². The van der Waals surface area contributed by atoms with Gasteiger partial charge in [0.15, 0.2) is 17.5 Å². The summed E-state index contributed by atoms with van der Waals surface area (Å²) >= 11 is 4.39. The Morgan fingerprint density at radius 3 is 1.87 bits per heavy atom. The van der Waals surface area contributed by atoms with Crippen LogP contribution >= 0.6 is 34.0 Å². The molecule has 4 aromatic heterocycles. The van der Waals surface area contributed by atoms with Crippen molar-refractivity contribution in [2.45, 2.75) is 0 Å². The molecule has 7 aromatic carbocycles. The van der Waals surface area contributed by atoms with Crippen LogP contribution < -0.4 is 0 Å². The van der Waals surface area contributed by atoms with Crippen molar-refractivity contribution >= 4 is 84.4 Å². The van der Waals surface area contributed by atoms with Gasteiger partial charge in [-0.15, -0.1) is 34.0 Å². The monoisotopic (exact) mass is 735 g/mol. The van der Waals surface area contributed by atoms with Gasteiger partial charge in [-0.25, -0.2) is 15.0 Å². The molecule has 0 spiro atoms. The van der Waals surface area contributed by atoms with Gasteiger partial charge in [-0.2, -0.15) is 0 Å². The first-order valence-corrected chi connectivity index (χ1v) is 19.5. The summed E-state index contributed by atoms with van der Waals surface area (Å²) in [5.74, 6) is 0.805. The van der Waals surface area contributed by atoms with Gasteiger partial charge >= 0.3 is 0 Å². The Morgan fingerprint density at radius 2 is 1.04 bits per heavy atom. The Labute approximate surface area is 325 Å². The van der Waals surface area contributed by atoms with E-state index in [4.69, 9.17) is 15.0 Å². The predicted molar refractivity (Wildman–Crippen MR) is 228 cm³/mol. The molecule has 0 fully saturated rings. The fourth-order valence-corrected chi connectivity index (χ4v) is 10.1. The number of fused-ring (bicyclic) bond motifs is 7. The van der Waals surface area contributed by atoms with E-state index in [-0.39, 0.29) is 53.0 Å². The molecule has 0 amide bonds. The molecule has 53 heavy (non-hydrogen) atoms. The SMILES string of the molecule is [2H]c1c(-c2cccc3c2sc2ccccc23)c([2H])c2c(sc3c([2H])c(-c4nc(-c5ccccc5)nc(-c5ccc(-c6csc7ccccc67)cc5)n4)c([2H])c([2H])c32)c1[2H]. The molecule has 0 N–H and O–H groups in total. The number of hydrogen-bond acceptors (Lipinski definition) is 6. The van der Waals surface area contributed by atoms with E-state index in [1.807, 2.05) is 97.1 Å². The Kier molecular flexibility index (Phi) is 5.80. The van der Waals surface area contributed by atoms with Crippen molar-refractivity contribution in [2.75, 3.05) is 0 Å². The second-order valence-electron chi connectivity index (χ2n) is 12.7. The third-order valence-electron chi connectivity index (χ3n) is 9.51. The van der Waals surface area contributed by atoms with Gasteiger partial charge in [0.25, 0.3) is 0 Å². The van der Waals surface area contributed by atoms with E-state index in [1.54, 1.807) is 22.7 Å². The largest absolute Gasteiger partial charge is 0.208 e. The molecule has 6 heteroatoms. The maximum absolute atomic E-state index is 9.60. The molecule has 0 saturated heterocycles. The zero-order valence-electron chi connectivity index (χ0n) is 33.7. The normalized spacial score (nSPS) is 13.4. The van der Waals surface area contributed by atoms with Gasteiger partial charge in [-0.05, 0) is 52.3 Å². The number of rotatable bonds is 5. The molecule has 248 valence electrons. The van der Waals surface area contributed by atoms with Gasteiger partial charge in [0.2, 0.25) is 0 Å². The van der Waals surface area contributed by atoms with Crippen LogP contribution in [0.15, 0.2) is 163 Å². The Morgan fingerprint density at radius 1 is 0.377 bits per heavy atom. The van der Waals surface area contributed by atoms with Crippen LogP contribution in [0.2, 0.25) is 0 Å². The van der Waals surface area contributed by atoms with Gasteiger partial charge in [-0.1, -0.05) is 127 Å².